The van der Waals surface area contributed by atoms with Gasteiger partial charge in [-0.3, -0.25) is 4.79 Å². The Kier molecular flexibility index (Phi) is 4.42. The second kappa shape index (κ2) is 6.83. The molecular weight excluding hydrogens is 297 g/mol. The summed E-state index contributed by atoms with van der Waals surface area (Å²) in [6, 6.07) is 15.3. The summed E-state index contributed by atoms with van der Waals surface area (Å²) < 4.78 is 19.1. The monoisotopic (exact) mass is 311 g/mol. The van der Waals surface area contributed by atoms with Crippen LogP contribution in [0, 0.1) is 5.82 Å². The van der Waals surface area contributed by atoms with Crippen molar-refractivity contribution in [3.8, 4) is 11.5 Å². The summed E-state index contributed by atoms with van der Waals surface area (Å²) >= 11 is 0. The van der Waals surface area contributed by atoms with E-state index in [1.165, 1.54) is 6.07 Å². The highest BCUT2D eigenvalue weighted by Crippen LogP contribution is 2.21. The first-order valence-electron chi connectivity index (χ1n) is 7.14. The SMILES string of the molecule is O=C(CCc1nnc(-c2ccccc2F)o1)Nc1ccccc1. The molecule has 1 aromatic heterocycles. The zero-order valence-corrected chi connectivity index (χ0v) is 12.2. The van der Waals surface area contributed by atoms with Gasteiger partial charge in [0.25, 0.3) is 5.89 Å². The molecule has 5 nitrogen and oxygen atoms in total. The molecule has 0 bridgehead atoms. The van der Waals surface area contributed by atoms with Crippen LogP contribution in [0.4, 0.5) is 10.1 Å². The molecule has 0 unspecified atom stereocenters. The van der Waals surface area contributed by atoms with Crippen LogP contribution in [0.25, 0.3) is 11.5 Å². The van der Waals surface area contributed by atoms with Crippen LogP contribution in [0.5, 0.6) is 0 Å². The van der Waals surface area contributed by atoms with Gasteiger partial charge in [0, 0.05) is 18.5 Å². The van der Waals surface area contributed by atoms with Crippen molar-refractivity contribution < 1.29 is 13.6 Å². The lowest BCUT2D eigenvalue weighted by Gasteiger charge is -2.03. The zero-order chi connectivity index (χ0) is 16.1. The molecule has 0 aliphatic rings. The van der Waals surface area contributed by atoms with Crippen LogP contribution in [0.15, 0.2) is 59.0 Å². The van der Waals surface area contributed by atoms with Gasteiger partial charge in [-0.25, -0.2) is 4.39 Å². The lowest BCUT2D eigenvalue weighted by atomic mass is 10.2. The Hall–Kier alpha value is -3.02. The summed E-state index contributed by atoms with van der Waals surface area (Å²) in [6.45, 7) is 0. The summed E-state index contributed by atoms with van der Waals surface area (Å²) in [4.78, 5) is 11.9. The molecule has 0 radical (unpaired) electrons. The van der Waals surface area contributed by atoms with E-state index in [1.807, 2.05) is 18.2 Å². The number of aromatic nitrogens is 2. The number of halogens is 1. The Morgan fingerprint density at radius 3 is 2.57 bits per heavy atom. The van der Waals surface area contributed by atoms with E-state index in [9.17, 15) is 9.18 Å². The third-order valence-corrected chi connectivity index (χ3v) is 3.19. The molecule has 1 amide bonds. The maximum atomic E-state index is 13.6. The molecule has 3 aromatic rings. The molecule has 0 aliphatic heterocycles. The minimum absolute atomic E-state index is 0.113. The van der Waals surface area contributed by atoms with Gasteiger partial charge in [-0.15, -0.1) is 10.2 Å². The number of carbonyl (C=O) groups excluding carboxylic acids is 1. The van der Waals surface area contributed by atoms with Gasteiger partial charge in [-0.1, -0.05) is 30.3 Å². The summed E-state index contributed by atoms with van der Waals surface area (Å²) in [6.07, 6.45) is 0.494. The van der Waals surface area contributed by atoms with Gasteiger partial charge >= 0.3 is 0 Å². The molecule has 0 aliphatic carbocycles. The molecule has 2 aromatic carbocycles. The number of amides is 1. The zero-order valence-electron chi connectivity index (χ0n) is 12.2. The molecule has 0 fully saturated rings. The van der Waals surface area contributed by atoms with E-state index in [0.717, 1.165) is 5.69 Å². The fraction of sp³-hybridized carbons (Fsp3) is 0.118. The van der Waals surface area contributed by atoms with Crippen molar-refractivity contribution in [3.63, 3.8) is 0 Å². The van der Waals surface area contributed by atoms with E-state index in [0.29, 0.717) is 12.3 Å². The lowest BCUT2D eigenvalue weighted by Crippen LogP contribution is -2.12. The highest BCUT2D eigenvalue weighted by molar-refractivity contribution is 5.90. The first-order chi connectivity index (χ1) is 11.2. The number of para-hydroxylation sites is 1. The molecule has 116 valence electrons. The third-order valence-electron chi connectivity index (χ3n) is 3.19. The Labute approximate surface area is 132 Å². The largest absolute Gasteiger partial charge is 0.421 e. The predicted octanol–water partition coefficient (Wildman–Crippen LogP) is 3.45. The number of rotatable bonds is 5. The van der Waals surface area contributed by atoms with Gasteiger partial charge < -0.3 is 9.73 Å². The molecule has 1 heterocycles. The van der Waals surface area contributed by atoms with Crippen LogP contribution in [0.3, 0.4) is 0 Å². The predicted molar refractivity (Wildman–Crippen MR) is 83.1 cm³/mol. The van der Waals surface area contributed by atoms with Crippen molar-refractivity contribution in [1.29, 1.82) is 0 Å². The number of carbonyl (C=O) groups is 1. The van der Waals surface area contributed by atoms with E-state index in [2.05, 4.69) is 15.5 Å². The van der Waals surface area contributed by atoms with E-state index in [1.54, 1.807) is 30.3 Å². The van der Waals surface area contributed by atoms with Gasteiger partial charge in [0.1, 0.15) is 5.82 Å². The maximum Gasteiger partial charge on any atom is 0.250 e. The molecular formula is C17H14FN3O2. The highest BCUT2D eigenvalue weighted by Gasteiger charge is 2.13. The molecule has 1 N–H and O–H groups in total. The van der Waals surface area contributed by atoms with Crippen LogP contribution in [-0.4, -0.2) is 16.1 Å². The average molecular weight is 311 g/mol. The number of anilines is 1. The molecule has 23 heavy (non-hydrogen) atoms. The highest BCUT2D eigenvalue weighted by atomic mass is 19.1. The summed E-state index contributed by atoms with van der Waals surface area (Å²) in [7, 11) is 0. The molecule has 0 spiro atoms. The molecule has 0 atom stereocenters. The topological polar surface area (TPSA) is 68.0 Å². The number of hydrogen-bond donors (Lipinski definition) is 1. The molecule has 6 heteroatoms. The van der Waals surface area contributed by atoms with Crippen molar-refractivity contribution in [2.24, 2.45) is 0 Å². The van der Waals surface area contributed by atoms with Gasteiger partial charge in [0.05, 0.1) is 5.56 Å². The number of aryl methyl sites for hydroxylation is 1. The van der Waals surface area contributed by atoms with Gasteiger partial charge in [0.2, 0.25) is 11.8 Å². The average Bonchev–Trinajstić information content (AvgIpc) is 3.03. The molecule has 0 saturated carbocycles. The van der Waals surface area contributed by atoms with E-state index in [4.69, 9.17) is 4.42 Å². The van der Waals surface area contributed by atoms with Crippen molar-refractivity contribution >= 4 is 11.6 Å². The number of hydrogen-bond acceptors (Lipinski definition) is 4. The second-order valence-electron chi connectivity index (χ2n) is 4.90. The molecule has 3 rings (SSSR count). The number of benzene rings is 2. The minimum atomic E-state index is -0.426. The smallest absolute Gasteiger partial charge is 0.250 e. The van der Waals surface area contributed by atoms with Crippen LogP contribution < -0.4 is 5.32 Å². The fourth-order valence-corrected chi connectivity index (χ4v) is 2.06. The van der Waals surface area contributed by atoms with E-state index in [-0.39, 0.29) is 23.8 Å². The van der Waals surface area contributed by atoms with Crippen molar-refractivity contribution in [2.45, 2.75) is 12.8 Å². The van der Waals surface area contributed by atoms with Crippen molar-refractivity contribution in [2.75, 3.05) is 5.32 Å². The van der Waals surface area contributed by atoms with Crippen molar-refractivity contribution in [3.05, 3.63) is 66.3 Å². The number of nitrogens with zero attached hydrogens (tertiary/aromatic N) is 2. The normalized spacial score (nSPS) is 10.5. The Balaban J connectivity index is 1.59. The Morgan fingerprint density at radius 2 is 1.78 bits per heavy atom. The third kappa shape index (κ3) is 3.79. The summed E-state index contributed by atoms with van der Waals surface area (Å²) in [5, 5.41) is 10.4. The quantitative estimate of drug-likeness (QED) is 0.783. The van der Waals surface area contributed by atoms with Crippen LogP contribution in [0.1, 0.15) is 12.3 Å². The Bertz CT molecular complexity index is 802. The van der Waals surface area contributed by atoms with Crippen LogP contribution >= 0.6 is 0 Å². The van der Waals surface area contributed by atoms with E-state index >= 15 is 0 Å². The van der Waals surface area contributed by atoms with E-state index < -0.39 is 5.82 Å². The first kappa shape index (κ1) is 14.9. The van der Waals surface area contributed by atoms with Gasteiger partial charge in [0.15, 0.2) is 0 Å². The van der Waals surface area contributed by atoms with Gasteiger partial charge in [-0.2, -0.15) is 0 Å². The number of nitrogens with one attached hydrogen (secondary N) is 1. The van der Waals surface area contributed by atoms with Crippen LogP contribution in [-0.2, 0) is 11.2 Å². The Morgan fingerprint density at radius 1 is 1.04 bits per heavy atom. The fourth-order valence-electron chi connectivity index (χ4n) is 2.06. The molecule has 0 saturated heterocycles. The minimum Gasteiger partial charge on any atom is -0.421 e. The van der Waals surface area contributed by atoms with Crippen LogP contribution in [0.2, 0.25) is 0 Å². The first-order valence-corrected chi connectivity index (χ1v) is 7.14. The standard InChI is InChI=1S/C17H14FN3O2/c18-14-9-5-4-8-13(14)17-21-20-16(23-17)11-10-15(22)19-12-6-2-1-3-7-12/h1-9H,10-11H2,(H,19,22). The second-order valence-corrected chi connectivity index (χ2v) is 4.90. The lowest BCUT2D eigenvalue weighted by molar-refractivity contribution is -0.116. The maximum absolute atomic E-state index is 13.6. The summed E-state index contributed by atoms with van der Waals surface area (Å²) in [5.41, 5.74) is 0.982. The van der Waals surface area contributed by atoms with Gasteiger partial charge in [-0.05, 0) is 24.3 Å². The summed E-state index contributed by atoms with van der Waals surface area (Å²) in [5.74, 6) is -0.167. The van der Waals surface area contributed by atoms with Crippen molar-refractivity contribution in [1.82, 2.24) is 10.2 Å².